The first-order chi connectivity index (χ1) is 9.79. The van der Waals surface area contributed by atoms with Gasteiger partial charge >= 0.3 is 0 Å². The molecule has 0 radical (unpaired) electrons. The Kier molecular flexibility index (Phi) is 4.02. The fraction of sp³-hybridized carbons (Fsp3) is 0.500. The first-order valence-electron chi connectivity index (χ1n) is 7.78. The summed E-state index contributed by atoms with van der Waals surface area (Å²) in [4.78, 5) is 4.66. The molecule has 3 rings (SSSR count). The van der Waals surface area contributed by atoms with Crippen LogP contribution in [-0.4, -0.2) is 18.6 Å². The summed E-state index contributed by atoms with van der Waals surface area (Å²) in [5.41, 5.74) is 2.66. The molecule has 0 amide bonds. The van der Waals surface area contributed by atoms with Crippen LogP contribution in [0.2, 0.25) is 0 Å². The quantitative estimate of drug-likeness (QED) is 0.911. The van der Waals surface area contributed by atoms with Gasteiger partial charge in [0.2, 0.25) is 0 Å². The van der Waals surface area contributed by atoms with Crippen molar-refractivity contribution in [1.29, 1.82) is 0 Å². The summed E-state index contributed by atoms with van der Waals surface area (Å²) in [5.74, 6) is 2.21. The lowest BCUT2D eigenvalue weighted by Gasteiger charge is -2.35. The molecule has 0 saturated heterocycles. The summed E-state index contributed by atoms with van der Waals surface area (Å²) in [6.45, 7) is 3.50. The van der Waals surface area contributed by atoms with Gasteiger partial charge in [-0.1, -0.05) is 37.6 Å². The maximum atomic E-state index is 4.66. The summed E-state index contributed by atoms with van der Waals surface area (Å²) >= 11 is 0. The number of fused-ring (bicyclic) bond motifs is 1. The van der Waals surface area contributed by atoms with Crippen molar-refractivity contribution < 1.29 is 0 Å². The molecule has 0 aliphatic heterocycles. The van der Waals surface area contributed by atoms with Crippen molar-refractivity contribution in [1.82, 2.24) is 10.3 Å². The van der Waals surface area contributed by atoms with E-state index in [0.29, 0.717) is 5.92 Å². The highest BCUT2D eigenvalue weighted by Crippen LogP contribution is 2.41. The number of rotatable bonds is 3. The fourth-order valence-electron chi connectivity index (χ4n) is 3.76. The van der Waals surface area contributed by atoms with Gasteiger partial charge in [0.1, 0.15) is 0 Å². The molecule has 106 valence electrons. The molecule has 2 aromatic rings. The largest absolute Gasteiger partial charge is 0.319 e. The third-order valence-electron chi connectivity index (χ3n) is 4.79. The van der Waals surface area contributed by atoms with Crippen molar-refractivity contribution in [3.63, 3.8) is 0 Å². The van der Waals surface area contributed by atoms with E-state index in [-0.39, 0.29) is 0 Å². The monoisotopic (exact) mass is 268 g/mol. The molecule has 1 aromatic heterocycles. The van der Waals surface area contributed by atoms with Crippen LogP contribution in [0.3, 0.4) is 0 Å². The average Bonchev–Trinajstić information content (AvgIpc) is 2.49. The molecule has 0 spiro atoms. The van der Waals surface area contributed by atoms with Crippen LogP contribution in [0.15, 0.2) is 36.5 Å². The first-order valence-corrected chi connectivity index (χ1v) is 7.78. The molecule has 1 fully saturated rings. The van der Waals surface area contributed by atoms with Gasteiger partial charge in [0.25, 0.3) is 0 Å². The predicted molar refractivity (Wildman–Crippen MR) is 84.9 cm³/mol. The van der Waals surface area contributed by atoms with E-state index >= 15 is 0 Å². The summed E-state index contributed by atoms with van der Waals surface area (Å²) in [7, 11) is 2.07. The molecular weight excluding hydrogens is 244 g/mol. The van der Waals surface area contributed by atoms with Gasteiger partial charge in [0.15, 0.2) is 0 Å². The third-order valence-corrected chi connectivity index (χ3v) is 4.79. The van der Waals surface area contributed by atoms with E-state index in [1.807, 2.05) is 12.3 Å². The Labute approximate surface area is 121 Å². The summed E-state index contributed by atoms with van der Waals surface area (Å²) < 4.78 is 0. The summed E-state index contributed by atoms with van der Waals surface area (Å²) in [6, 6.07) is 10.9. The second kappa shape index (κ2) is 5.92. The first kappa shape index (κ1) is 13.6. The topological polar surface area (TPSA) is 24.9 Å². The van der Waals surface area contributed by atoms with Gasteiger partial charge in [-0.2, -0.15) is 0 Å². The number of hydrogen-bond donors (Lipinski definition) is 1. The van der Waals surface area contributed by atoms with Crippen molar-refractivity contribution in [3.05, 3.63) is 42.1 Å². The highest BCUT2D eigenvalue weighted by Gasteiger charge is 2.30. The lowest BCUT2D eigenvalue weighted by molar-refractivity contribution is 0.246. The van der Waals surface area contributed by atoms with E-state index in [9.17, 15) is 0 Å². The van der Waals surface area contributed by atoms with E-state index in [4.69, 9.17) is 0 Å². The average molecular weight is 268 g/mol. The zero-order valence-corrected chi connectivity index (χ0v) is 12.5. The van der Waals surface area contributed by atoms with E-state index in [1.165, 1.54) is 35.7 Å². The molecule has 1 aliphatic carbocycles. The fourth-order valence-corrected chi connectivity index (χ4v) is 3.76. The van der Waals surface area contributed by atoms with Crippen molar-refractivity contribution in [2.24, 2.45) is 11.8 Å². The standard InChI is InChI=1S/C18H24N2/c1-13-8-9-15(12-19-2)17(11-13)16-7-3-5-14-6-4-10-20-18(14)16/h3-7,10,13,15,17,19H,8-9,11-12H2,1-2H3. The predicted octanol–water partition coefficient (Wildman–Crippen LogP) is 3.97. The molecule has 3 atom stereocenters. The smallest absolute Gasteiger partial charge is 0.0736 e. The zero-order valence-electron chi connectivity index (χ0n) is 12.5. The van der Waals surface area contributed by atoms with Crippen LogP contribution in [-0.2, 0) is 0 Å². The minimum Gasteiger partial charge on any atom is -0.319 e. The van der Waals surface area contributed by atoms with Crippen molar-refractivity contribution in [2.75, 3.05) is 13.6 Å². The van der Waals surface area contributed by atoms with E-state index in [0.717, 1.165) is 18.4 Å². The van der Waals surface area contributed by atoms with Gasteiger partial charge in [0, 0.05) is 11.6 Å². The Bertz CT molecular complexity index is 573. The van der Waals surface area contributed by atoms with Crippen LogP contribution in [0.1, 0.15) is 37.7 Å². The molecule has 1 aromatic carbocycles. The van der Waals surface area contributed by atoms with Crippen LogP contribution in [0, 0.1) is 11.8 Å². The zero-order chi connectivity index (χ0) is 13.9. The molecule has 1 aliphatic rings. The van der Waals surface area contributed by atoms with Gasteiger partial charge < -0.3 is 5.32 Å². The highest BCUT2D eigenvalue weighted by atomic mass is 14.8. The Hall–Kier alpha value is -1.41. The molecule has 0 bridgehead atoms. The van der Waals surface area contributed by atoms with Crippen molar-refractivity contribution in [2.45, 2.75) is 32.1 Å². The van der Waals surface area contributed by atoms with E-state index in [2.05, 4.69) is 48.5 Å². The van der Waals surface area contributed by atoms with Crippen LogP contribution in [0.5, 0.6) is 0 Å². The van der Waals surface area contributed by atoms with Crippen LogP contribution in [0.25, 0.3) is 10.9 Å². The SMILES string of the molecule is CNCC1CCC(C)CC1c1cccc2cccnc12. The molecular formula is C18H24N2. The Balaban J connectivity index is 2.02. The van der Waals surface area contributed by atoms with Gasteiger partial charge in [-0.05, 0) is 55.8 Å². The molecule has 2 nitrogen and oxygen atoms in total. The Morgan fingerprint density at radius 2 is 2.05 bits per heavy atom. The molecule has 2 heteroatoms. The normalized spacial score (nSPS) is 26.8. The maximum absolute atomic E-state index is 4.66. The number of nitrogens with zero attached hydrogens (tertiary/aromatic N) is 1. The maximum Gasteiger partial charge on any atom is 0.0736 e. The van der Waals surface area contributed by atoms with Crippen LogP contribution < -0.4 is 5.32 Å². The van der Waals surface area contributed by atoms with E-state index in [1.54, 1.807) is 0 Å². The van der Waals surface area contributed by atoms with E-state index < -0.39 is 0 Å². The van der Waals surface area contributed by atoms with Gasteiger partial charge in [-0.25, -0.2) is 0 Å². The molecule has 1 N–H and O–H groups in total. The minimum absolute atomic E-state index is 0.643. The van der Waals surface area contributed by atoms with Crippen LogP contribution >= 0.6 is 0 Å². The number of pyridine rings is 1. The number of nitrogens with one attached hydrogen (secondary N) is 1. The van der Waals surface area contributed by atoms with Crippen LogP contribution in [0.4, 0.5) is 0 Å². The summed E-state index contributed by atoms with van der Waals surface area (Å²) in [6.07, 6.45) is 5.91. The molecule has 20 heavy (non-hydrogen) atoms. The second-order valence-electron chi connectivity index (χ2n) is 6.26. The van der Waals surface area contributed by atoms with Gasteiger partial charge in [0.05, 0.1) is 5.52 Å². The Morgan fingerprint density at radius 1 is 1.20 bits per heavy atom. The highest BCUT2D eigenvalue weighted by molar-refractivity contribution is 5.82. The third kappa shape index (κ3) is 2.57. The summed E-state index contributed by atoms with van der Waals surface area (Å²) in [5, 5.41) is 4.65. The van der Waals surface area contributed by atoms with Gasteiger partial charge in [-0.3, -0.25) is 4.98 Å². The number of para-hydroxylation sites is 1. The number of benzene rings is 1. The molecule has 1 saturated carbocycles. The molecule has 3 unspecified atom stereocenters. The van der Waals surface area contributed by atoms with Crippen molar-refractivity contribution >= 4 is 10.9 Å². The van der Waals surface area contributed by atoms with Crippen molar-refractivity contribution in [3.8, 4) is 0 Å². The Morgan fingerprint density at radius 3 is 2.90 bits per heavy atom. The lowest BCUT2D eigenvalue weighted by Crippen LogP contribution is -2.30. The lowest BCUT2D eigenvalue weighted by atomic mass is 9.71. The number of aromatic nitrogens is 1. The number of hydrogen-bond acceptors (Lipinski definition) is 2. The minimum atomic E-state index is 0.643. The van der Waals surface area contributed by atoms with Gasteiger partial charge in [-0.15, -0.1) is 0 Å². The second-order valence-corrected chi connectivity index (χ2v) is 6.26. The molecule has 1 heterocycles.